The smallest absolute Gasteiger partial charge is 0.475 e. The Bertz CT molecular complexity index is 1780. The third-order valence-corrected chi connectivity index (χ3v) is 7.64. The van der Waals surface area contributed by atoms with Crippen molar-refractivity contribution in [3.05, 3.63) is 103 Å². The Morgan fingerprint density at radius 3 is 2.16 bits per heavy atom. The Hall–Kier alpha value is -4.36. The molecule has 0 spiro atoms. The van der Waals surface area contributed by atoms with Gasteiger partial charge in [0, 0.05) is 55.7 Å². The number of amides is 1. The normalized spacial score (nSPS) is 13.4. The van der Waals surface area contributed by atoms with Gasteiger partial charge in [-0.15, -0.1) is 0 Å². The number of aromatic amines is 1. The second-order valence-electron chi connectivity index (χ2n) is 9.79. The summed E-state index contributed by atoms with van der Waals surface area (Å²) in [6, 6.07) is 13.3. The molecular weight excluding hydrogens is 631 g/mol. The SMILES string of the molecule is CC(=O)c1ccc(N2CCN(C(=O)c3cc(Cc4c[nH]c(=O)c5cc(Cl)c(Cl)n45)ccc3F)CC2)cc1.O=C(O)C(F)(F)F. The van der Waals surface area contributed by atoms with Crippen molar-refractivity contribution in [2.75, 3.05) is 31.1 Å². The van der Waals surface area contributed by atoms with Crippen molar-refractivity contribution in [3.63, 3.8) is 0 Å². The van der Waals surface area contributed by atoms with Gasteiger partial charge in [0.1, 0.15) is 16.5 Å². The number of carbonyl (C=O) groups excluding carboxylic acids is 2. The molecule has 0 unspecified atom stereocenters. The van der Waals surface area contributed by atoms with E-state index in [1.165, 1.54) is 25.3 Å². The first-order chi connectivity index (χ1) is 20.7. The summed E-state index contributed by atoms with van der Waals surface area (Å²) < 4.78 is 48.0. The van der Waals surface area contributed by atoms with E-state index in [4.69, 9.17) is 33.1 Å². The predicted molar refractivity (Wildman–Crippen MR) is 155 cm³/mol. The fourth-order valence-corrected chi connectivity index (χ4v) is 5.06. The Morgan fingerprint density at radius 1 is 0.977 bits per heavy atom. The van der Waals surface area contributed by atoms with Gasteiger partial charge in [-0.05, 0) is 55.0 Å². The van der Waals surface area contributed by atoms with E-state index in [0.717, 1.165) is 5.69 Å². The summed E-state index contributed by atoms with van der Waals surface area (Å²) in [5.74, 6) is -3.71. The van der Waals surface area contributed by atoms with E-state index in [1.54, 1.807) is 33.6 Å². The molecule has 0 radical (unpaired) electrons. The molecule has 44 heavy (non-hydrogen) atoms. The highest BCUT2D eigenvalue weighted by Crippen LogP contribution is 2.27. The Kier molecular flexibility index (Phi) is 9.69. The molecule has 1 amide bonds. The fourth-order valence-electron chi connectivity index (χ4n) is 4.62. The largest absolute Gasteiger partial charge is 0.490 e. The molecular formula is C29H24Cl2F4N4O5. The molecule has 1 aliphatic rings. The molecule has 1 saturated heterocycles. The molecule has 4 aromatic rings. The number of ketones is 1. The molecule has 0 aliphatic carbocycles. The molecule has 2 aromatic carbocycles. The zero-order valence-corrected chi connectivity index (χ0v) is 24.4. The number of halogens is 6. The van der Waals surface area contributed by atoms with Crippen LogP contribution in [-0.2, 0) is 11.2 Å². The van der Waals surface area contributed by atoms with Crippen molar-refractivity contribution < 1.29 is 37.1 Å². The van der Waals surface area contributed by atoms with Gasteiger partial charge < -0.3 is 19.9 Å². The number of aliphatic carboxylic acids is 1. The highest BCUT2D eigenvalue weighted by atomic mass is 35.5. The van der Waals surface area contributed by atoms with Crippen LogP contribution < -0.4 is 10.5 Å². The first kappa shape index (κ1) is 32.6. The lowest BCUT2D eigenvalue weighted by molar-refractivity contribution is -0.192. The van der Waals surface area contributed by atoms with Crippen LogP contribution >= 0.6 is 23.2 Å². The number of nitrogens with one attached hydrogen (secondary N) is 1. The summed E-state index contributed by atoms with van der Waals surface area (Å²) in [7, 11) is 0. The molecule has 3 heterocycles. The van der Waals surface area contributed by atoms with Gasteiger partial charge in [0.2, 0.25) is 0 Å². The number of Topliss-reactive ketones (excluding diaryl/α,β-unsaturated/α-hetero) is 1. The van der Waals surface area contributed by atoms with Gasteiger partial charge in [0.15, 0.2) is 5.78 Å². The molecule has 15 heteroatoms. The number of carbonyl (C=O) groups is 3. The van der Waals surface area contributed by atoms with Gasteiger partial charge >= 0.3 is 12.1 Å². The van der Waals surface area contributed by atoms with Gasteiger partial charge in [-0.2, -0.15) is 13.2 Å². The van der Waals surface area contributed by atoms with Gasteiger partial charge in [-0.1, -0.05) is 29.3 Å². The number of benzene rings is 2. The Morgan fingerprint density at radius 2 is 1.59 bits per heavy atom. The minimum absolute atomic E-state index is 0.00550. The maximum absolute atomic E-state index is 14.8. The van der Waals surface area contributed by atoms with Crippen molar-refractivity contribution in [3.8, 4) is 0 Å². The van der Waals surface area contributed by atoms with E-state index in [0.29, 0.717) is 54.9 Å². The van der Waals surface area contributed by atoms with Crippen molar-refractivity contribution in [2.24, 2.45) is 0 Å². The maximum Gasteiger partial charge on any atom is 0.490 e. The van der Waals surface area contributed by atoms with Crippen LogP contribution in [0.5, 0.6) is 0 Å². The van der Waals surface area contributed by atoms with Crippen molar-refractivity contribution in [1.82, 2.24) is 14.3 Å². The van der Waals surface area contributed by atoms with Gasteiger partial charge in [-0.3, -0.25) is 18.8 Å². The van der Waals surface area contributed by atoms with E-state index < -0.39 is 18.0 Å². The predicted octanol–water partition coefficient (Wildman–Crippen LogP) is 5.46. The number of aromatic nitrogens is 2. The molecule has 9 nitrogen and oxygen atoms in total. The van der Waals surface area contributed by atoms with Crippen LogP contribution in [0, 0.1) is 5.82 Å². The van der Waals surface area contributed by atoms with Crippen LogP contribution in [0.4, 0.5) is 23.2 Å². The van der Waals surface area contributed by atoms with Crippen LogP contribution in [0.25, 0.3) is 5.52 Å². The molecule has 2 aromatic heterocycles. The lowest BCUT2D eigenvalue weighted by Gasteiger charge is -2.36. The number of piperazine rings is 1. The average Bonchev–Trinajstić information content (AvgIpc) is 3.29. The highest BCUT2D eigenvalue weighted by Gasteiger charge is 2.38. The van der Waals surface area contributed by atoms with Crippen LogP contribution in [0.1, 0.15) is 38.9 Å². The summed E-state index contributed by atoms with van der Waals surface area (Å²) in [6.45, 7) is 3.59. The lowest BCUT2D eigenvalue weighted by atomic mass is 10.0. The van der Waals surface area contributed by atoms with Crippen molar-refractivity contribution >= 4 is 52.1 Å². The van der Waals surface area contributed by atoms with Crippen LogP contribution in [0.2, 0.25) is 10.2 Å². The van der Waals surface area contributed by atoms with Gasteiger partial charge in [0.05, 0.1) is 10.6 Å². The number of hydrogen-bond acceptors (Lipinski definition) is 5. The summed E-state index contributed by atoms with van der Waals surface area (Å²) in [4.78, 5) is 52.2. The van der Waals surface area contributed by atoms with E-state index in [1.807, 2.05) is 12.1 Å². The molecule has 5 rings (SSSR count). The summed E-state index contributed by atoms with van der Waals surface area (Å²) in [6.07, 6.45) is -3.26. The quantitative estimate of drug-likeness (QED) is 0.218. The number of fused-ring (bicyclic) bond motifs is 1. The van der Waals surface area contributed by atoms with E-state index in [-0.39, 0.29) is 33.0 Å². The summed E-state index contributed by atoms with van der Waals surface area (Å²) in [5.41, 5.74) is 2.92. The van der Waals surface area contributed by atoms with E-state index in [2.05, 4.69) is 9.88 Å². The number of hydrogen-bond donors (Lipinski definition) is 2. The molecule has 2 N–H and O–H groups in total. The molecule has 0 atom stereocenters. The Labute approximate surface area is 257 Å². The average molecular weight is 655 g/mol. The van der Waals surface area contributed by atoms with Crippen LogP contribution in [0.3, 0.4) is 0 Å². The third-order valence-electron chi connectivity index (χ3n) is 6.88. The lowest BCUT2D eigenvalue weighted by Crippen LogP contribution is -2.49. The van der Waals surface area contributed by atoms with Crippen molar-refractivity contribution in [2.45, 2.75) is 19.5 Å². The fraction of sp³-hybridized carbons (Fsp3) is 0.241. The minimum Gasteiger partial charge on any atom is -0.475 e. The molecule has 1 aliphatic heterocycles. The van der Waals surface area contributed by atoms with Gasteiger partial charge in [-0.25, -0.2) is 9.18 Å². The standard InChI is InChI=1S/C27H23Cl2FN4O3.C2HF3O2/c1-16(35)18-3-5-19(6-4-18)32-8-10-33(11-9-32)27(37)21-13-17(2-7-23(21)30)12-20-15-31-26(36)24-14-22(28)25(29)34(20)24;3-2(4,5)1(6)7/h2-7,13-15H,8-12H2,1H3,(H,31,36);(H,6,7). The molecule has 0 bridgehead atoms. The Balaban J connectivity index is 0.000000566. The number of rotatable bonds is 5. The van der Waals surface area contributed by atoms with Crippen molar-refractivity contribution in [1.29, 1.82) is 0 Å². The highest BCUT2D eigenvalue weighted by molar-refractivity contribution is 6.42. The molecule has 232 valence electrons. The summed E-state index contributed by atoms with van der Waals surface area (Å²) >= 11 is 12.4. The second-order valence-corrected chi connectivity index (χ2v) is 10.6. The van der Waals surface area contributed by atoms with E-state index >= 15 is 0 Å². The molecule has 1 fully saturated rings. The summed E-state index contributed by atoms with van der Waals surface area (Å²) in [5, 5.41) is 7.59. The zero-order valence-electron chi connectivity index (χ0n) is 22.9. The van der Waals surface area contributed by atoms with Gasteiger partial charge in [0.25, 0.3) is 11.5 Å². The number of anilines is 1. The molecule has 0 saturated carbocycles. The van der Waals surface area contributed by atoms with E-state index in [9.17, 15) is 31.9 Å². The van der Waals surface area contributed by atoms with Crippen LogP contribution in [-0.4, -0.2) is 69.4 Å². The zero-order chi connectivity index (χ0) is 32.3. The van der Waals surface area contributed by atoms with Crippen LogP contribution in [0.15, 0.2) is 59.5 Å². The number of carboxylic acids is 1. The second kappa shape index (κ2) is 13.1. The topological polar surface area (TPSA) is 115 Å². The monoisotopic (exact) mass is 654 g/mol. The number of carboxylic acid groups (broad SMARTS) is 1. The maximum atomic E-state index is 14.8. The first-order valence-electron chi connectivity index (χ1n) is 13.0. The first-order valence-corrected chi connectivity index (χ1v) is 13.7. The number of alkyl halides is 3. The third kappa shape index (κ3) is 7.22. The number of H-pyrrole nitrogens is 1. The minimum atomic E-state index is -5.08. The number of nitrogens with zero attached hydrogens (tertiary/aromatic N) is 3.